The van der Waals surface area contributed by atoms with Crippen molar-refractivity contribution in [2.45, 2.75) is 45.4 Å². The van der Waals surface area contributed by atoms with E-state index in [0.29, 0.717) is 17.3 Å². The first-order valence-electron chi connectivity index (χ1n) is 10.0. The van der Waals surface area contributed by atoms with Crippen LogP contribution in [-0.2, 0) is 23.0 Å². The highest BCUT2D eigenvalue weighted by Gasteiger charge is 2.44. The number of rotatable bonds is 4. The topological polar surface area (TPSA) is 80.8 Å². The van der Waals surface area contributed by atoms with Crippen LogP contribution in [0.2, 0.25) is 0 Å². The molecule has 1 N–H and O–H groups in total. The van der Waals surface area contributed by atoms with Gasteiger partial charge < -0.3 is 4.74 Å². The molecule has 6 nitrogen and oxygen atoms in total. The van der Waals surface area contributed by atoms with Crippen molar-refractivity contribution in [2.24, 2.45) is 5.92 Å². The molecule has 1 heterocycles. The predicted octanol–water partition coefficient (Wildman–Crippen LogP) is 3.77. The van der Waals surface area contributed by atoms with Gasteiger partial charge in [-0.15, -0.1) is 10.2 Å². The largest absolute Gasteiger partial charge is 0.465 e. The zero-order valence-electron chi connectivity index (χ0n) is 17.3. The van der Waals surface area contributed by atoms with Crippen molar-refractivity contribution in [3.8, 4) is 0 Å². The summed E-state index contributed by atoms with van der Waals surface area (Å²) in [5.74, 6) is 0.749. The minimum Gasteiger partial charge on any atom is -0.465 e. The minimum atomic E-state index is -0.523. The van der Waals surface area contributed by atoms with E-state index in [1.165, 1.54) is 23.8 Å². The third-order valence-electron chi connectivity index (χ3n) is 5.81. The van der Waals surface area contributed by atoms with Gasteiger partial charge in [-0.05, 0) is 66.5 Å². The SMILES string of the molecule is COC(=O)c1ccc2c(c1)CCc1cc(C)ccc1C2(CC(C)C)c1nn[nH]n1. The highest BCUT2D eigenvalue weighted by Crippen LogP contribution is 2.47. The quantitative estimate of drug-likeness (QED) is 0.686. The number of fused-ring (bicyclic) bond motifs is 2. The van der Waals surface area contributed by atoms with E-state index in [9.17, 15) is 4.79 Å². The first kappa shape index (κ1) is 19.3. The molecule has 1 aromatic heterocycles. The minimum absolute atomic E-state index is 0.320. The standard InChI is InChI=1S/C23H26N4O2/c1-14(2)13-23(22-24-26-27-25-22)19-9-5-15(3)11-16(19)6-7-17-12-18(21(28)29-4)8-10-20(17)23/h5,8-12,14H,6-7,13H2,1-4H3,(H,24,25,26,27). The number of hydrogen-bond donors (Lipinski definition) is 1. The normalized spacial score (nSPS) is 18.1. The Morgan fingerprint density at radius 1 is 1.14 bits per heavy atom. The van der Waals surface area contributed by atoms with Gasteiger partial charge >= 0.3 is 5.97 Å². The summed E-state index contributed by atoms with van der Waals surface area (Å²) in [5.41, 5.74) is 6.07. The van der Waals surface area contributed by atoms with Gasteiger partial charge in [0.1, 0.15) is 0 Å². The summed E-state index contributed by atoms with van der Waals surface area (Å²) in [6.07, 6.45) is 2.58. The van der Waals surface area contributed by atoms with Gasteiger partial charge in [-0.25, -0.2) is 4.79 Å². The van der Waals surface area contributed by atoms with Crippen LogP contribution in [0.5, 0.6) is 0 Å². The number of hydrogen-bond acceptors (Lipinski definition) is 5. The summed E-state index contributed by atoms with van der Waals surface area (Å²) >= 11 is 0. The van der Waals surface area contributed by atoms with Crippen molar-refractivity contribution in [1.29, 1.82) is 0 Å². The molecule has 0 saturated heterocycles. The summed E-state index contributed by atoms with van der Waals surface area (Å²) in [6, 6.07) is 12.5. The Kier molecular flexibility index (Phi) is 4.94. The molecule has 0 radical (unpaired) electrons. The van der Waals surface area contributed by atoms with Crippen molar-refractivity contribution < 1.29 is 9.53 Å². The molecule has 6 heteroatoms. The number of benzene rings is 2. The first-order chi connectivity index (χ1) is 14.0. The van der Waals surface area contributed by atoms with Crippen LogP contribution < -0.4 is 0 Å². The first-order valence-corrected chi connectivity index (χ1v) is 10.0. The van der Waals surface area contributed by atoms with E-state index < -0.39 is 5.41 Å². The Morgan fingerprint density at radius 2 is 1.83 bits per heavy atom. The predicted molar refractivity (Wildman–Crippen MR) is 110 cm³/mol. The fourth-order valence-corrected chi connectivity index (χ4v) is 4.73. The van der Waals surface area contributed by atoms with E-state index in [1.54, 1.807) is 0 Å². The molecule has 1 aliphatic rings. The summed E-state index contributed by atoms with van der Waals surface area (Å²) < 4.78 is 4.95. The molecule has 2 aromatic carbocycles. The number of aryl methyl sites for hydroxylation is 3. The summed E-state index contributed by atoms with van der Waals surface area (Å²) in [6.45, 7) is 6.54. The second-order valence-electron chi connectivity index (χ2n) is 8.26. The molecular weight excluding hydrogens is 364 g/mol. The molecule has 0 fully saturated rings. The highest BCUT2D eigenvalue weighted by molar-refractivity contribution is 5.89. The van der Waals surface area contributed by atoms with Crippen LogP contribution in [-0.4, -0.2) is 33.7 Å². The fourth-order valence-electron chi connectivity index (χ4n) is 4.73. The van der Waals surface area contributed by atoms with E-state index in [1.807, 2.05) is 12.1 Å². The molecule has 1 atom stereocenters. The maximum absolute atomic E-state index is 12.2. The number of aromatic nitrogens is 4. The number of nitrogens with one attached hydrogen (secondary N) is 1. The maximum atomic E-state index is 12.2. The van der Waals surface area contributed by atoms with Crippen LogP contribution in [0.1, 0.15) is 64.3 Å². The van der Waals surface area contributed by atoms with Gasteiger partial charge in [-0.2, -0.15) is 5.21 Å². The Morgan fingerprint density at radius 3 is 2.45 bits per heavy atom. The maximum Gasteiger partial charge on any atom is 0.337 e. The van der Waals surface area contributed by atoms with Gasteiger partial charge in [-0.3, -0.25) is 0 Å². The van der Waals surface area contributed by atoms with Gasteiger partial charge in [-0.1, -0.05) is 48.9 Å². The van der Waals surface area contributed by atoms with E-state index in [-0.39, 0.29) is 5.97 Å². The van der Waals surface area contributed by atoms with E-state index in [4.69, 9.17) is 4.74 Å². The zero-order valence-corrected chi connectivity index (χ0v) is 17.3. The van der Waals surface area contributed by atoms with Gasteiger partial charge in [0.2, 0.25) is 0 Å². The molecule has 1 aliphatic carbocycles. The van der Waals surface area contributed by atoms with Crippen LogP contribution in [0, 0.1) is 12.8 Å². The lowest BCUT2D eigenvalue weighted by Crippen LogP contribution is -2.34. The number of carbonyl (C=O) groups is 1. The molecule has 0 amide bonds. The second-order valence-corrected chi connectivity index (χ2v) is 8.26. The van der Waals surface area contributed by atoms with Crippen LogP contribution in [0.15, 0.2) is 36.4 Å². The molecule has 0 saturated carbocycles. The molecule has 150 valence electrons. The number of aromatic amines is 1. The highest BCUT2D eigenvalue weighted by atomic mass is 16.5. The molecular formula is C23H26N4O2. The zero-order chi connectivity index (χ0) is 20.6. The van der Waals surface area contributed by atoms with Crippen LogP contribution in [0.4, 0.5) is 0 Å². The van der Waals surface area contributed by atoms with Gasteiger partial charge in [0.05, 0.1) is 18.1 Å². The van der Waals surface area contributed by atoms with Crippen molar-refractivity contribution in [3.05, 3.63) is 75.6 Å². The summed E-state index contributed by atoms with van der Waals surface area (Å²) in [4.78, 5) is 12.2. The Balaban J connectivity index is 2.05. The molecule has 29 heavy (non-hydrogen) atoms. The number of nitrogens with zero attached hydrogens (tertiary/aromatic N) is 3. The van der Waals surface area contributed by atoms with Gasteiger partial charge in [0.25, 0.3) is 0 Å². The van der Waals surface area contributed by atoms with Crippen molar-refractivity contribution in [2.75, 3.05) is 7.11 Å². The fraction of sp³-hybridized carbons (Fsp3) is 0.391. The Labute approximate surface area is 170 Å². The summed E-state index contributed by atoms with van der Waals surface area (Å²) in [7, 11) is 1.41. The monoisotopic (exact) mass is 390 g/mol. The lowest BCUT2D eigenvalue weighted by molar-refractivity contribution is 0.0600. The Hall–Kier alpha value is -3.02. The number of tetrazole rings is 1. The molecule has 0 bridgehead atoms. The second kappa shape index (κ2) is 7.43. The number of carbonyl (C=O) groups excluding carboxylic acids is 1. The lowest BCUT2D eigenvalue weighted by atomic mass is 9.67. The number of esters is 1. The molecule has 4 rings (SSSR count). The molecule has 3 aromatic rings. The molecule has 0 aliphatic heterocycles. The van der Waals surface area contributed by atoms with Crippen LogP contribution >= 0.6 is 0 Å². The van der Waals surface area contributed by atoms with Crippen LogP contribution in [0.3, 0.4) is 0 Å². The average molecular weight is 390 g/mol. The summed E-state index contributed by atoms with van der Waals surface area (Å²) in [5, 5.41) is 15.5. The van der Waals surface area contributed by atoms with Gasteiger partial charge in [0, 0.05) is 0 Å². The smallest absolute Gasteiger partial charge is 0.337 e. The van der Waals surface area contributed by atoms with Gasteiger partial charge in [0.15, 0.2) is 5.82 Å². The van der Waals surface area contributed by atoms with Crippen molar-refractivity contribution in [1.82, 2.24) is 20.6 Å². The number of H-pyrrole nitrogens is 1. The molecule has 0 spiro atoms. The van der Waals surface area contributed by atoms with E-state index >= 15 is 0 Å². The molecule has 1 unspecified atom stereocenters. The third kappa shape index (κ3) is 3.22. The third-order valence-corrected chi connectivity index (χ3v) is 5.81. The number of methoxy groups -OCH3 is 1. The Bertz CT molecular complexity index is 1040. The van der Waals surface area contributed by atoms with Crippen LogP contribution in [0.25, 0.3) is 0 Å². The van der Waals surface area contributed by atoms with E-state index in [2.05, 4.69) is 65.7 Å². The average Bonchev–Trinajstić information content (AvgIpc) is 3.21. The van der Waals surface area contributed by atoms with Crippen molar-refractivity contribution in [3.63, 3.8) is 0 Å². The van der Waals surface area contributed by atoms with E-state index in [0.717, 1.165) is 30.4 Å². The number of ether oxygens (including phenoxy) is 1. The lowest BCUT2D eigenvalue weighted by Gasteiger charge is -2.35. The van der Waals surface area contributed by atoms with Crippen molar-refractivity contribution >= 4 is 5.97 Å².